The van der Waals surface area contributed by atoms with Crippen molar-refractivity contribution in [3.05, 3.63) is 12.3 Å². The van der Waals surface area contributed by atoms with Crippen LogP contribution in [-0.2, 0) is 4.74 Å². The van der Waals surface area contributed by atoms with Gasteiger partial charge in [0.05, 0.1) is 18.8 Å². The van der Waals surface area contributed by atoms with Gasteiger partial charge in [0.2, 0.25) is 0 Å². The maximum Gasteiger partial charge on any atom is 0.172 e. The molecule has 1 aromatic heterocycles. The lowest BCUT2D eigenvalue weighted by Crippen LogP contribution is -2.44. The molecule has 0 saturated carbocycles. The minimum atomic E-state index is 0.425. The molecule has 0 unspecified atom stereocenters. The molecule has 2 heterocycles. The van der Waals surface area contributed by atoms with Gasteiger partial charge >= 0.3 is 0 Å². The monoisotopic (exact) mass is 255 g/mol. The first-order valence-electron chi connectivity index (χ1n) is 5.59. The van der Waals surface area contributed by atoms with E-state index in [2.05, 4.69) is 21.0 Å². The zero-order valence-corrected chi connectivity index (χ0v) is 10.6. The molecule has 1 aromatic rings. The van der Waals surface area contributed by atoms with Crippen LogP contribution in [0.1, 0.15) is 6.04 Å². The van der Waals surface area contributed by atoms with E-state index in [-0.39, 0.29) is 0 Å². The van der Waals surface area contributed by atoms with Crippen LogP contribution in [-0.4, -0.2) is 48.2 Å². The van der Waals surface area contributed by atoms with Gasteiger partial charge in [0.1, 0.15) is 5.82 Å². The van der Waals surface area contributed by atoms with E-state index in [1.807, 2.05) is 10.7 Å². The molecule has 94 valence electrons. The molecule has 1 aliphatic heterocycles. The van der Waals surface area contributed by atoms with Gasteiger partial charge in [0.15, 0.2) is 5.11 Å². The van der Waals surface area contributed by atoms with Gasteiger partial charge in [-0.25, -0.2) is 4.68 Å². The number of nitrogens with one attached hydrogen (secondary N) is 3. The SMILES string of the molecule is COCCNC(=S)Nc1ccnn1C1CNC1. The summed E-state index contributed by atoms with van der Waals surface area (Å²) in [6, 6.07) is 2.34. The molecule has 7 heteroatoms. The summed E-state index contributed by atoms with van der Waals surface area (Å²) in [5.41, 5.74) is 0. The number of nitrogens with zero attached hydrogens (tertiary/aromatic N) is 2. The fraction of sp³-hybridized carbons (Fsp3) is 0.600. The summed E-state index contributed by atoms with van der Waals surface area (Å²) in [6.07, 6.45) is 1.78. The molecule has 0 aliphatic carbocycles. The fourth-order valence-corrected chi connectivity index (χ4v) is 1.78. The van der Waals surface area contributed by atoms with Crippen LogP contribution in [0, 0.1) is 0 Å². The highest BCUT2D eigenvalue weighted by molar-refractivity contribution is 7.80. The molecule has 6 nitrogen and oxygen atoms in total. The minimum absolute atomic E-state index is 0.425. The van der Waals surface area contributed by atoms with E-state index in [1.165, 1.54) is 0 Å². The van der Waals surface area contributed by atoms with Gasteiger partial charge in [-0.15, -0.1) is 0 Å². The smallest absolute Gasteiger partial charge is 0.172 e. The van der Waals surface area contributed by atoms with Crippen molar-refractivity contribution in [3.63, 3.8) is 0 Å². The third kappa shape index (κ3) is 3.15. The van der Waals surface area contributed by atoms with Crippen molar-refractivity contribution in [1.29, 1.82) is 0 Å². The van der Waals surface area contributed by atoms with E-state index in [9.17, 15) is 0 Å². The second-order valence-corrected chi connectivity index (χ2v) is 4.26. The Kier molecular flexibility index (Phi) is 4.29. The molecule has 0 spiro atoms. The molecule has 1 fully saturated rings. The second kappa shape index (κ2) is 5.95. The molecule has 0 aromatic carbocycles. The average molecular weight is 255 g/mol. The first kappa shape index (κ1) is 12.3. The lowest BCUT2D eigenvalue weighted by Gasteiger charge is -2.29. The van der Waals surface area contributed by atoms with E-state index in [0.717, 1.165) is 18.9 Å². The molecule has 0 radical (unpaired) electrons. The summed E-state index contributed by atoms with van der Waals surface area (Å²) < 4.78 is 6.90. The van der Waals surface area contributed by atoms with Gasteiger partial charge in [-0.2, -0.15) is 5.10 Å². The van der Waals surface area contributed by atoms with Crippen molar-refractivity contribution >= 4 is 23.1 Å². The molecular formula is C10H17N5OS. The molecule has 1 aliphatic rings. The molecule has 0 amide bonds. The van der Waals surface area contributed by atoms with E-state index in [0.29, 0.717) is 24.3 Å². The number of hydrogen-bond donors (Lipinski definition) is 3. The van der Waals surface area contributed by atoms with Crippen LogP contribution in [0.4, 0.5) is 5.82 Å². The van der Waals surface area contributed by atoms with Crippen molar-refractivity contribution in [2.75, 3.05) is 38.7 Å². The Hall–Kier alpha value is -1.18. The van der Waals surface area contributed by atoms with E-state index >= 15 is 0 Å². The van der Waals surface area contributed by atoms with Gasteiger partial charge in [0, 0.05) is 32.8 Å². The van der Waals surface area contributed by atoms with E-state index in [1.54, 1.807) is 13.3 Å². The molecule has 2 rings (SSSR count). The standard InChI is InChI=1S/C10H17N5OS/c1-16-5-4-12-10(17)14-9-2-3-13-15(9)8-6-11-7-8/h2-3,8,11H,4-7H2,1H3,(H2,12,14,17). The van der Waals surface area contributed by atoms with Crippen LogP contribution < -0.4 is 16.0 Å². The van der Waals surface area contributed by atoms with Crippen LogP contribution in [0.3, 0.4) is 0 Å². The maximum atomic E-state index is 5.18. The summed E-state index contributed by atoms with van der Waals surface area (Å²) in [5, 5.41) is 14.3. The Morgan fingerprint density at radius 3 is 3.18 bits per heavy atom. The molecule has 17 heavy (non-hydrogen) atoms. The van der Waals surface area contributed by atoms with Gasteiger partial charge in [-0.3, -0.25) is 0 Å². The summed E-state index contributed by atoms with van der Waals surface area (Å²) in [4.78, 5) is 0. The van der Waals surface area contributed by atoms with Crippen LogP contribution >= 0.6 is 12.2 Å². The Bertz CT molecular complexity index is 377. The van der Waals surface area contributed by atoms with Gasteiger partial charge in [-0.05, 0) is 12.2 Å². The number of thiocarbonyl (C=S) groups is 1. The van der Waals surface area contributed by atoms with Crippen LogP contribution in [0.15, 0.2) is 12.3 Å². The number of anilines is 1. The largest absolute Gasteiger partial charge is 0.383 e. The maximum absolute atomic E-state index is 5.18. The average Bonchev–Trinajstić information content (AvgIpc) is 2.64. The Balaban J connectivity index is 1.85. The highest BCUT2D eigenvalue weighted by atomic mass is 32.1. The predicted molar refractivity (Wildman–Crippen MR) is 70.2 cm³/mol. The highest BCUT2D eigenvalue weighted by Gasteiger charge is 2.21. The quantitative estimate of drug-likeness (QED) is 0.507. The third-order valence-corrected chi connectivity index (χ3v) is 2.86. The zero-order valence-electron chi connectivity index (χ0n) is 9.77. The summed E-state index contributed by atoms with van der Waals surface area (Å²) >= 11 is 5.18. The fourth-order valence-electron chi connectivity index (χ4n) is 1.58. The first-order chi connectivity index (χ1) is 8.31. The lowest BCUT2D eigenvalue weighted by atomic mass is 10.2. The van der Waals surface area contributed by atoms with Crippen LogP contribution in [0.2, 0.25) is 0 Å². The number of methoxy groups -OCH3 is 1. The number of rotatable bonds is 5. The van der Waals surface area contributed by atoms with Gasteiger partial charge < -0.3 is 20.7 Å². The lowest BCUT2D eigenvalue weighted by molar-refractivity contribution is 0.204. The third-order valence-electron chi connectivity index (χ3n) is 2.61. The zero-order chi connectivity index (χ0) is 12.1. The van der Waals surface area contributed by atoms with Crippen molar-refractivity contribution in [2.45, 2.75) is 6.04 Å². The minimum Gasteiger partial charge on any atom is -0.383 e. The van der Waals surface area contributed by atoms with E-state index in [4.69, 9.17) is 17.0 Å². The number of ether oxygens (including phenoxy) is 1. The predicted octanol–water partition coefficient (Wildman–Crippen LogP) is -0.0398. The molecule has 1 saturated heterocycles. The van der Waals surface area contributed by atoms with Crippen LogP contribution in [0.25, 0.3) is 0 Å². The molecular weight excluding hydrogens is 238 g/mol. The normalized spacial score (nSPS) is 15.4. The van der Waals surface area contributed by atoms with E-state index < -0.39 is 0 Å². The molecule has 0 bridgehead atoms. The van der Waals surface area contributed by atoms with Crippen molar-refractivity contribution in [2.24, 2.45) is 0 Å². The van der Waals surface area contributed by atoms with Crippen molar-refractivity contribution in [3.8, 4) is 0 Å². The Labute approximate surface area is 106 Å². The number of aromatic nitrogens is 2. The topological polar surface area (TPSA) is 63.1 Å². The first-order valence-corrected chi connectivity index (χ1v) is 6.00. The van der Waals surface area contributed by atoms with Crippen LogP contribution in [0.5, 0.6) is 0 Å². The van der Waals surface area contributed by atoms with Gasteiger partial charge in [-0.1, -0.05) is 0 Å². The second-order valence-electron chi connectivity index (χ2n) is 3.85. The summed E-state index contributed by atoms with van der Waals surface area (Å²) in [5.74, 6) is 0.923. The summed E-state index contributed by atoms with van der Waals surface area (Å²) in [6.45, 7) is 3.25. The highest BCUT2D eigenvalue weighted by Crippen LogP contribution is 2.17. The number of hydrogen-bond acceptors (Lipinski definition) is 4. The van der Waals surface area contributed by atoms with Crippen molar-refractivity contribution < 1.29 is 4.74 Å². The molecule has 3 N–H and O–H groups in total. The summed E-state index contributed by atoms with van der Waals surface area (Å²) in [7, 11) is 1.66. The molecule has 0 atom stereocenters. The van der Waals surface area contributed by atoms with Crippen molar-refractivity contribution in [1.82, 2.24) is 20.4 Å². The Morgan fingerprint density at radius 2 is 2.53 bits per heavy atom. The Morgan fingerprint density at radius 1 is 1.71 bits per heavy atom. The van der Waals surface area contributed by atoms with Gasteiger partial charge in [0.25, 0.3) is 0 Å².